The molecule has 0 saturated heterocycles. The Hall–Kier alpha value is -1.08. The largest absolute Gasteiger partial charge is 0.416 e. The van der Waals surface area contributed by atoms with Crippen molar-refractivity contribution in [3.05, 3.63) is 5.89 Å². The molecule has 1 aromatic rings. The van der Waals surface area contributed by atoms with Gasteiger partial charge in [0, 0.05) is 18.6 Å². The lowest BCUT2D eigenvalue weighted by Crippen LogP contribution is -2.30. The van der Waals surface area contributed by atoms with E-state index < -0.39 is 0 Å². The number of aromatic nitrogens is 2. The third-order valence-electron chi connectivity index (χ3n) is 1.75. The number of hydrazine groups is 1. The predicted molar refractivity (Wildman–Crippen MR) is 55.9 cm³/mol. The van der Waals surface area contributed by atoms with Crippen LogP contribution >= 0.6 is 11.8 Å². The number of hydrogen-bond donors (Lipinski definition) is 2. The summed E-state index contributed by atoms with van der Waals surface area (Å²) >= 11 is 1.46. The molecular weight excluding hydrogens is 216 g/mol. The van der Waals surface area contributed by atoms with Gasteiger partial charge >= 0.3 is 0 Å². The monoisotopic (exact) mass is 230 g/mol. The molecule has 0 radical (unpaired) electrons. The molecule has 0 saturated carbocycles. The fourth-order valence-electron chi connectivity index (χ4n) is 0.964. The first-order valence-corrected chi connectivity index (χ1v) is 5.46. The molecule has 1 atom stereocenters. The molecule has 0 aliphatic heterocycles. The lowest BCUT2D eigenvalue weighted by Gasteiger charge is -2.06. The van der Waals surface area contributed by atoms with Gasteiger partial charge in [0.05, 0.1) is 0 Å². The van der Waals surface area contributed by atoms with Crippen LogP contribution in [0.5, 0.6) is 0 Å². The number of carbonyl (C=O) groups is 1. The summed E-state index contributed by atoms with van der Waals surface area (Å²) in [5.41, 5.74) is 2.09. The van der Waals surface area contributed by atoms with Crippen LogP contribution in [0.3, 0.4) is 0 Å². The zero-order valence-corrected chi connectivity index (χ0v) is 9.50. The van der Waals surface area contributed by atoms with Crippen LogP contribution in [-0.4, -0.2) is 21.4 Å². The number of rotatable bonds is 5. The smallest absolute Gasteiger partial charge is 0.276 e. The number of carbonyl (C=O) groups excluding carboxylic acids is 1. The maximum absolute atomic E-state index is 10.9. The highest BCUT2D eigenvalue weighted by atomic mass is 32.2. The van der Waals surface area contributed by atoms with Gasteiger partial charge in [0.25, 0.3) is 5.22 Å². The summed E-state index contributed by atoms with van der Waals surface area (Å²) in [7, 11) is 0. The van der Waals surface area contributed by atoms with Crippen LogP contribution in [0.25, 0.3) is 0 Å². The summed E-state index contributed by atoms with van der Waals surface area (Å²) in [6.45, 7) is 3.73. The highest BCUT2D eigenvalue weighted by Gasteiger charge is 2.11. The van der Waals surface area contributed by atoms with Crippen LogP contribution in [-0.2, 0) is 4.79 Å². The topological polar surface area (TPSA) is 94.0 Å². The molecule has 0 spiro atoms. The van der Waals surface area contributed by atoms with Gasteiger partial charge in [-0.1, -0.05) is 18.7 Å². The van der Waals surface area contributed by atoms with Crippen molar-refractivity contribution in [1.82, 2.24) is 15.6 Å². The average molecular weight is 230 g/mol. The van der Waals surface area contributed by atoms with E-state index in [4.69, 9.17) is 10.3 Å². The fourth-order valence-corrected chi connectivity index (χ4v) is 1.80. The zero-order chi connectivity index (χ0) is 11.3. The van der Waals surface area contributed by atoms with Gasteiger partial charge in [-0.15, -0.1) is 10.2 Å². The number of hydrogen-bond acceptors (Lipinski definition) is 6. The normalized spacial score (nSPS) is 12.5. The minimum atomic E-state index is -0.163. The molecule has 3 N–H and O–H groups in total. The summed E-state index contributed by atoms with van der Waals surface area (Å²) < 4.78 is 5.20. The van der Waals surface area contributed by atoms with Gasteiger partial charge in [0.2, 0.25) is 11.8 Å². The van der Waals surface area contributed by atoms with Crippen LogP contribution in [0, 0.1) is 6.92 Å². The molecule has 1 aromatic heterocycles. The zero-order valence-electron chi connectivity index (χ0n) is 8.69. The molecule has 6 nitrogen and oxygen atoms in total. The number of nitrogens with one attached hydrogen (secondary N) is 1. The first kappa shape index (κ1) is 12.0. The minimum Gasteiger partial charge on any atom is -0.416 e. The molecule has 15 heavy (non-hydrogen) atoms. The van der Waals surface area contributed by atoms with Crippen LogP contribution in [0.4, 0.5) is 0 Å². The van der Waals surface area contributed by atoms with Crippen LogP contribution in [0.1, 0.15) is 25.7 Å². The summed E-state index contributed by atoms with van der Waals surface area (Å²) in [6, 6.07) is 0. The maximum atomic E-state index is 10.9. The van der Waals surface area contributed by atoms with Crippen molar-refractivity contribution < 1.29 is 9.21 Å². The molecule has 0 fully saturated rings. The van der Waals surface area contributed by atoms with E-state index in [9.17, 15) is 4.79 Å². The molecule has 0 aliphatic carbocycles. The molecular formula is C8H14N4O2S. The van der Waals surface area contributed by atoms with Crippen molar-refractivity contribution in [2.24, 2.45) is 5.84 Å². The fraction of sp³-hybridized carbons (Fsp3) is 0.625. The van der Waals surface area contributed by atoms with E-state index in [1.54, 1.807) is 6.92 Å². The lowest BCUT2D eigenvalue weighted by molar-refractivity contribution is -0.121. The van der Waals surface area contributed by atoms with E-state index in [-0.39, 0.29) is 11.2 Å². The highest BCUT2D eigenvalue weighted by molar-refractivity contribution is 7.99. The Bertz CT molecular complexity index is 328. The van der Waals surface area contributed by atoms with Crippen molar-refractivity contribution in [3.63, 3.8) is 0 Å². The van der Waals surface area contributed by atoms with Crippen molar-refractivity contribution >= 4 is 17.7 Å². The Labute approximate surface area is 92.0 Å². The van der Waals surface area contributed by atoms with E-state index in [1.165, 1.54) is 11.8 Å². The molecule has 7 heteroatoms. The van der Waals surface area contributed by atoms with Gasteiger partial charge < -0.3 is 4.42 Å². The second kappa shape index (κ2) is 5.72. The number of thioether (sulfide) groups is 1. The van der Waals surface area contributed by atoms with Gasteiger partial charge in [0.15, 0.2) is 0 Å². The number of nitrogens with zero attached hydrogens (tertiary/aromatic N) is 2. The van der Waals surface area contributed by atoms with Crippen LogP contribution in [0.15, 0.2) is 9.64 Å². The van der Waals surface area contributed by atoms with Gasteiger partial charge in [-0.25, -0.2) is 5.84 Å². The second-order valence-corrected chi connectivity index (χ2v) is 4.51. The molecule has 0 bridgehead atoms. The first-order valence-electron chi connectivity index (χ1n) is 4.58. The summed E-state index contributed by atoms with van der Waals surface area (Å²) in [5, 5.41) is 8.34. The van der Waals surface area contributed by atoms with E-state index in [2.05, 4.69) is 15.6 Å². The lowest BCUT2D eigenvalue weighted by atomic mass is 10.2. The number of nitrogens with two attached hydrogens (primary N) is 1. The Morgan fingerprint density at radius 1 is 1.67 bits per heavy atom. The van der Waals surface area contributed by atoms with E-state index in [0.717, 1.165) is 6.42 Å². The van der Waals surface area contributed by atoms with Crippen LogP contribution < -0.4 is 11.3 Å². The Kier molecular flexibility index (Phi) is 4.57. The molecule has 1 rings (SSSR count). The van der Waals surface area contributed by atoms with Gasteiger partial charge in [-0.3, -0.25) is 10.2 Å². The van der Waals surface area contributed by atoms with Crippen molar-refractivity contribution in [2.75, 3.05) is 0 Å². The third kappa shape index (κ3) is 4.30. The Balaban J connectivity index is 2.30. The third-order valence-corrected chi connectivity index (χ3v) is 2.75. The standard InChI is InChI=1S/C8H14N4O2S/c1-5(3-4-7(13)10-9)15-8-12-11-6(2)14-8/h5H,3-4,9H2,1-2H3,(H,10,13). The molecule has 1 unspecified atom stereocenters. The minimum absolute atomic E-state index is 0.163. The first-order chi connectivity index (χ1) is 7.11. The van der Waals surface area contributed by atoms with E-state index in [1.807, 2.05) is 6.92 Å². The van der Waals surface area contributed by atoms with Crippen molar-refractivity contribution in [2.45, 2.75) is 37.2 Å². The van der Waals surface area contributed by atoms with E-state index >= 15 is 0 Å². The van der Waals surface area contributed by atoms with Crippen LogP contribution in [0.2, 0.25) is 0 Å². The average Bonchev–Trinajstić information content (AvgIpc) is 2.60. The van der Waals surface area contributed by atoms with Gasteiger partial charge in [-0.2, -0.15) is 0 Å². The highest BCUT2D eigenvalue weighted by Crippen LogP contribution is 2.24. The molecule has 1 heterocycles. The van der Waals surface area contributed by atoms with Crippen molar-refractivity contribution in [3.8, 4) is 0 Å². The second-order valence-electron chi connectivity index (χ2n) is 3.12. The number of amides is 1. The Morgan fingerprint density at radius 2 is 2.40 bits per heavy atom. The Morgan fingerprint density at radius 3 is 2.93 bits per heavy atom. The maximum Gasteiger partial charge on any atom is 0.276 e. The van der Waals surface area contributed by atoms with Gasteiger partial charge in [0.1, 0.15) is 0 Å². The summed E-state index contributed by atoms with van der Waals surface area (Å²) in [6.07, 6.45) is 1.12. The summed E-state index contributed by atoms with van der Waals surface area (Å²) in [5.74, 6) is 5.35. The molecule has 0 aromatic carbocycles. The molecule has 0 aliphatic rings. The van der Waals surface area contributed by atoms with Crippen molar-refractivity contribution in [1.29, 1.82) is 0 Å². The predicted octanol–water partition coefficient (Wildman–Crippen LogP) is 0.629. The van der Waals surface area contributed by atoms with E-state index in [0.29, 0.717) is 17.5 Å². The molecule has 1 amide bonds. The quantitative estimate of drug-likeness (QED) is 0.333. The molecule has 84 valence electrons. The summed E-state index contributed by atoms with van der Waals surface area (Å²) in [4.78, 5) is 10.9. The van der Waals surface area contributed by atoms with Gasteiger partial charge in [-0.05, 0) is 6.42 Å². The SMILES string of the molecule is Cc1nnc(SC(C)CCC(=O)NN)o1. The number of aryl methyl sites for hydroxylation is 1.